The molecule has 1 aliphatic heterocycles. The lowest BCUT2D eigenvalue weighted by molar-refractivity contribution is -0.390. The second-order valence-electron chi connectivity index (χ2n) is 3.35. The number of nitrogens with zero attached hydrogens (tertiary/aromatic N) is 2. The highest BCUT2D eigenvalue weighted by atomic mass is 16.7. The van der Waals surface area contributed by atoms with Crippen molar-refractivity contribution in [2.75, 3.05) is 7.11 Å². The van der Waals surface area contributed by atoms with Crippen LogP contribution in [0.5, 0.6) is 5.75 Å². The Morgan fingerprint density at radius 1 is 1.47 bits per heavy atom. The summed E-state index contributed by atoms with van der Waals surface area (Å²) in [6.45, 7) is 1.59. The number of aromatic nitrogens is 1. The fourth-order valence-corrected chi connectivity index (χ4v) is 1.48. The number of aryl methyl sites for hydroxylation is 1. The van der Waals surface area contributed by atoms with Gasteiger partial charge in [-0.3, -0.25) is 0 Å². The van der Waals surface area contributed by atoms with E-state index in [2.05, 4.69) is 4.98 Å². The zero-order valence-electron chi connectivity index (χ0n) is 9.25. The Kier molecular flexibility index (Phi) is 2.82. The van der Waals surface area contributed by atoms with Gasteiger partial charge in [0, 0.05) is 0 Å². The predicted octanol–water partition coefficient (Wildman–Crippen LogP) is 1.82. The Morgan fingerprint density at radius 2 is 2.12 bits per heavy atom. The Hall–Kier alpha value is -2.31. The molecule has 2 rings (SSSR count). The molecule has 0 spiro atoms. The number of rotatable bonds is 3. The largest absolute Gasteiger partial charge is 0.492 e. The first-order chi connectivity index (χ1) is 8.13. The summed E-state index contributed by atoms with van der Waals surface area (Å²) < 4.78 is 15.3. The highest BCUT2D eigenvalue weighted by Crippen LogP contribution is 2.33. The van der Waals surface area contributed by atoms with Crippen LogP contribution in [-0.2, 0) is 9.47 Å². The van der Waals surface area contributed by atoms with Crippen LogP contribution in [0.2, 0.25) is 0 Å². The van der Waals surface area contributed by atoms with Crippen molar-refractivity contribution in [1.82, 2.24) is 4.98 Å². The maximum absolute atomic E-state index is 10.8. The average Bonchev–Trinajstić information content (AvgIpc) is 2.81. The molecule has 1 aromatic rings. The highest BCUT2D eigenvalue weighted by Gasteiger charge is 2.30. The minimum absolute atomic E-state index is 0.236. The molecule has 0 saturated heterocycles. The first-order valence-electron chi connectivity index (χ1n) is 4.79. The fourth-order valence-electron chi connectivity index (χ4n) is 1.48. The summed E-state index contributed by atoms with van der Waals surface area (Å²) in [6.07, 6.45) is 1.89. The lowest BCUT2D eigenvalue weighted by Gasteiger charge is -2.10. The van der Waals surface area contributed by atoms with E-state index < -0.39 is 11.2 Å². The van der Waals surface area contributed by atoms with Crippen molar-refractivity contribution in [3.05, 3.63) is 40.0 Å². The van der Waals surface area contributed by atoms with Gasteiger partial charge in [0.15, 0.2) is 5.75 Å². The molecule has 0 bridgehead atoms. The monoisotopic (exact) mass is 238 g/mol. The standard InChI is InChI=1S/C10H10N2O5/c1-6-5-7(15-2)8(10-16-3-4-17-10)11-9(6)12(13)14/h3-5,10H,1-2H3. The van der Waals surface area contributed by atoms with Gasteiger partial charge >= 0.3 is 12.1 Å². The van der Waals surface area contributed by atoms with Gasteiger partial charge in [-0.15, -0.1) is 0 Å². The van der Waals surface area contributed by atoms with Crippen LogP contribution in [0.1, 0.15) is 17.5 Å². The molecule has 0 fully saturated rings. The molecule has 0 saturated carbocycles. The minimum Gasteiger partial charge on any atom is -0.492 e. The molecular weight excluding hydrogens is 228 g/mol. The van der Waals surface area contributed by atoms with Crippen LogP contribution in [0.15, 0.2) is 18.6 Å². The molecule has 1 aromatic heterocycles. The molecule has 90 valence electrons. The van der Waals surface area contributed by atoms with Crippen molar-refractivity contribution in [1.29, 1.82) is 0 Å². The Labute approximate surface area is 96.8 Å². The third kappa shape index (κ3) is 1.99. The third-order valence-corrected chi connectivity index (χ3v) is 2.26. The highest BCUT2D eigenvalue weighted by molar-refractivity contribution is 5.42. The van der Waals surface area contributed by atoms with Gasteiger partial charge in [0.2, 0.25) is 0 Å². The molecule has 0 aliphatic carbocycles. The van der Waals surface area contributed by atoms with Crippen LogP contribution in [0.3, 0.4) is 0 Å². The van der Waals surface area contributed by atoms with Crippen molar-refractivity contribution < 1.29 is 19.1 Å². The summed E-state index contributed by atoms with van der Waals surface area (Å²) in [6, 6.07) is 1.53. The molecule has 7 heteroatoms. The smallest absolute Gasteiger partial charge is 0.367 e. The number of pyridine rings is 1. The summed E-state index contributed by atoms with van der Waals surface area (Å²) in [5.74, 6) is 0.154. The van der Waals surface area contributed by atoms with Gasteiger partial charge in [-0.2, -0.15) is 0 Å². The number of hydrogen-bond donors (Lipinski definition) is 0. The van der Waals surface area contributed by atoms with E-state index in [4.69, 9.17) is 14.2 Å². The van der Waals surface area contributed by atoms with Crippen molar-refractivity contribution in [3.63, 3.8) is 0 Å². The summed E-state index contributed by atoms with van der Waals surface area (Å²) in [5.41, 5.74) is 0.663. The van der Waals surface area contributed by atoms with E-state index in [0.29, 0.717) is 11.3 Å². The summed E-state index contributed by atoms with van der Waals surface area (Å²) >= 11 is 0. The first kappa shape index (κ1) is 11.2. The molecule has 17 heavy (non-hydrogen) atoms. The van der Waals surface area contributed by atoms with E-state index in [0.717, 1.165) is 0 Å². The second-order valence-corrected chi connectivity index (χ2v) is 3.35. The van der Waals surface area contributed by atoms with Crippen LogP contribution in [0, 0.1) is 17.0 Å². The van der Waals surface area contributed by atoms with Gasteiger partial charge in [0.25, 0.3) is 5.69 Å². The van der Waals surface area contributed by atoms with Gasteiger partial charge < -0.3 is 24.3 Å². The molecule has 0 radical (unpaired) electrons. The lowest BCUT2D eigenvalue weighted by Crippen LogP contribution is -2.07. The quantitative estimate of drug-likeness (QED) is 0.590. The van der Waals surface area contributed by atoms with Crippen molar-refractivity contribution >= 4 is 5.82 Å². The molecule has 2 heterocycles. The second kappa shape index (κ2) is 4.28. The summed E-state index contributed by atoms with van der Waals surface area (Å²) in [4.78, 5) is 14.1. The van der Waals surface area contributed by atoms with E-state index in [9.17, 15) is 10.1 Å². The van der Waals surface area contributed by atoms with E-state index in [-0.39, 0.29) is 11.5 Å². The van der Waals surface area contributed by atoms with E-state index in [1.807, 2.05) is 0 Å². The topological polar surface area (TPSA) is 83.7 Å². The minimum atomic E-state index is -0.802. The van der Waals surface area contributed by atoms with Crippen molar-refractivity contribution in [2.45, 2.75) is 13.2 Å². The zero-order chi connectivity index (χ0) is 12.4. The number of hydrogen-bond acceptors (Lipinski definition) is 6. The third-order valence-electron chi connectivity index (χ3n) is 2.26. The molecule has 7 nitrogen and oxygen atoms in total. The number of nitro groups is 1. The maximum Gasteiger partial charge on any atom is 0.367 e. The van der Waals surface area contributed by atoms with Gasteiger partial charge in [0.05, 0.1) is 12.7 Å². The molecule has 0 atom stereocenters. The van der Waals surface area contributed by atoms with E-state index in [1.54, 1.807) is 6.92 Å². The molecule has 0 N–H and O–H groups in total. The van der Waals surface area contributed by atoms with Crippen molar-refractivity contribution in [3.8, 4) is 5.75 Å². The van der Waals surface area contributed by atoms with Crippen LogP contribution < -0.4 is 4.74 Å². The fraction of sp³-hybridized carbons (Fsp3) is 0.300. The first-order valence-corrected chi connectivity index (χ1v) is 4.79. The molecule has 0 amide bonds. The lowest BCUT2D eigenvalue weighted by atomic mass is 10.2. The maximum atomic E-state index is 10.8. The van der Waals surface area contributed by atoms with Gasteiger partial charge in [-0.25, -0.2) is 0 Å². The summed E-state index contributed by atoms with van der Waals surface area (Å²) in [7, 11) is 1.45. The van der Waals surface area contributed by atoms with Gasteiger partial charge in [0.1, 0.15) is 12.5 Å². The molecule has 1 aliphatic rings. The van der Waals surface area contributed by atoms with E-state index >= 15 is 0 Å². The van der Waals surface area contributed by atoms with Crippen molar-refractivity contribution in [2.24, 2.45) is 0 Å². The van der Waals surface area contributed by atoms with Gasteiger partial charge in [-0.05, 0) is 22.9 Å². The Morgan fingerprint density at radius 3 is 2.65 bits per heavy atom. The Bertz CT molecular complexity index is 478. The molecule has 0 aromatic carbocycles. The normalized spacial score (nSPS) is 14.2. The zero-order valence-corrected chi connectivity index (χ0v) is 9.25. The van der Waals surface area contributed by atoms with Crippen LogP contribution in [-0.4, -0.2) is 17.0 Å². The average molecular weight is 238 g/mol. The molecular formula is C10H10N2O5. The number of methoxy groups -OCH3 is 1. The van der Waals surface area contributed by atoms with E-state index in [1.165, 1.54) is 25.7 Å². The predicted molar refractivity (Wildman–Crippen MR) is 56.2 cm³/mol. The summed E-state index contributed by atoms with van der Waals surface area (Å²) in [5, 5.41) is 10.8. The SMILES string of the molecule is COc1cc(C)c([N+](=O)[O-])nc1C1OC=CO1. The van der Waals surface area contributed by atoms with Crippen LogP contribution in [0.4, 0.5) is 5.82 Å². The van der Waals surface area contributed by atoms with Crippen LogP contribution >= 0.6 is 0 Å². The van der Waals surface area contributed by atoms with Gasteiger partial charge in [-0.1, -0.05) is 0 Å². The Balaban J connectivity index is 2.47. The van der Waals surface area contributed by atoms with Crippen LogP contribution in [0.25, 0.3) is 0 Å². The molecule has 0 unspecified atom stereocenters. The number of ether oxygens (including phenoxy) is 3.